The van der Waals surface area contributed by atoms with Crippen molar-refractivity contribution in [3.63, 3.8) is 0 Å². The SMILES string of the molecule is Cl.O=C(NCCc1ccc(Cl)cc1Cl)C1CNC1. The maximum atomic E-state index is 11.5. The van der Waals surface area contributed by atoms with E-state index in [9.17, 15) is 4.79 Å². The van der Waals surface area contributed by atoms with Gasteiger partial charge in [-0.2, -0.15) is 0 Å². The number of amides is 1. The Labute approximate surface area is 123 Å². The fourth-order valence-corrected chi connectivity index (χ4v) is 2.17. The van der Waals surface area contributed by atoms with Gasteiger partial charge in [-0.05, 0) is 24.1 Å². The zero-order valence-corrected chi connectivity index (χ0v) is 12.0. The molecule has 1 amide bonds. The molecule has 0 aromatic heterocycles. The van der Waals surface area contributed by atoms with Gasteiger partial charge in [-0.3, -0.25) is 4.79 Å². The number of carbonyl (C=O) groups excluding carboxylic acids is 1. The minimum Gasteiger partial charge on any atom is -0.355 e. The van der Waals surface area contributed by atoms with Gasteiger partial charge in [0.25, 0.3) is 0 Å². The van der Waals surface area contributed by atoms with Crippen LogP contribution in [0.25, 0.3) is 0 Å². The molecule has 18 heavy (non-hydrogen) atoms. The maximum Gasteiger partial charge on any atom is 0.225 e. The average Bonchev–Trinajstić information content (AvgIpc) is 2.18. The van der Waals surface area contributed by atoms with Crippen LogP contribution in [0.5, 0.6) is 0 Å². The Bertz CT molecular complexity index is 422. The first-order valence-corrected chi connectivity index (χ1v) is 6.35. The van der Waals surface area contributed by atoms with E-state index in [-0.39, 0.29) is 24.2 Å². The molecule has 1 aliphatic rings. The molecule has 100 valence electrons. The number of nitrogens with one attached hydrogen (secondary N) is 2. The molecule has 1 fully saturated rings. The van der Waals surface area contributed by atoms with E-state index < -0.39 is 0 Å². The highest BCUT2D eigenvalue weighted by molar-refractivity contribution is 6.35. The lowest BCUT2D eigenvalue weighted by Gasteiger charge is -2.25. The van der Waals surface area contributed by atoms with Gasteiger partial charge in [0, 0.05) is 29.7 Å². The fourth-order valence-electron chi connectivity index (χ4n) is 1.66. The Hall–Kier alpha value is -0.480. The van der Waals surface area contributed by atoms with Crippen LogP contribution in [0.15, 0.2) is 18.2 Å². The first-order chi connectivity index (χ1) is 8.16. The van der Waals surface area contributed by atoms with E-state index in [1.165, 1.54) is 0 Å². The summed E-state index contributed by atoms with van der Waals surface area (Å²) in [5.74, 6) is 0.254. The Morgan fingerprint density at radius 3 is 2.67 bits per heavy atom. The number of benzene rings is 1. The van der Waals surface area contributed by atoms with Crippen LogP contribution in [0.1, 0.15) is 5.56 Å². The molecule has 0 unspecified atom stereocenters. The van der Waals surface area contributed by atoms with Gasteiger partial charge in [-0.15, -0.1) is 12.4 Å². The lowest BCUT2D eigenvalue weighted by Crippen LogP contribution is -2.51. The summed E-state index contributed by atoms with van der Waals surface area (Å²) in [6.45, 7) is 2.18. The normalized spacial score (nSPS) is 14.6. The molecule has 1 aromatic carbocycles. The van der Waals surface area contributed by atoms with E-state index in [1.54, 1.807) is 12.1 Å². The summed E-state index contributed by atoms with van der Waals surface area (Å²) in [7, 11) is 0. The van der Waals surface area contributed by atoms with Crippen LogP contribution >= 0.6 is 35.6 Å². The summed E-state index contributed by atoms with van der Waals surface area (Å²) >= 11 is 11.8. The molecular formula is C12H15Cl3N2O. The topological polar surface area (TPSA) is 41.1 Å². The quantitative estimate of drug-likeness (QED) is 0.896. The van der Waals surface area contributed by atoms with Crippen molar-refractivity contribution >= 4 is 41.5 Å². The number of hydrogen-bond acceptors (Lipinski definition) is 2. The van der Waals surface area contributed by atoms with Gasteiger partial charge in [0.05, 0.1) is 5.92 Å². The first kappa shape index (κ1) is 15.6. The Morgan fingerprint density at radius 2 is 2.11 bits per heavy atom. The molecule has 6 heteroatoms. The van der Waals surface area contributed by atoms with Crippen molar-refractivity contribution in [1.29, 1.82) is 0 Å². The second-order valence-corrected chi connectivity index (χ2v) is 4.98. The molecule has 2 N–H and O–H groups in total. The van der Waals surface area contributed by atoms with Gasteiger partial charge in [0.15, 0.2) is 0 Å². The van der Waals surface area contributed by atoms with Gasteiger partial charge >= 0.3 is 0 Å². The van der Waals surface area contributed by atoms with Gasteiger partial charge in [0.1, 0.15) is 0 Å². The first-order valence-electron chi connectivity index (χ1n) is 5.59. The molecule has 0 spiro atoms. The standard InChI is InChI=1S/C12H14Cl2N2O.ClH/c13-10-2-1-8(11(14)5-10)3-4-16-12(17)9-6-15-7-9;/h1-2,5,9,15H,3-4,6-7H2,(H,16,17);1H. The predicted octanol–water partition coefficient (Wildman–Crippen LogP) is 2.29. The number of rotatable bonds is 4. The second-order valence-electron chi connectivity index (χ2n) is 4.13. The molecule has 0 atom stereocenters. The van der Waals surface area contributed by atoms with Crippen LogP contribution in [0.4, 0.5) is 0 Å². The van der Waals surface area contributed by atoms with Crippen molar-refractivity contribution in [1.82, 2.24) is 10.6 Å². The number of carbonyl (C=O) groups is 1. The van der Waals surface area contributed by atoms with Crippen LogP contribution < -0.4 is 10.6 Å². The van der Waals surface area contributed by atoms with Crippen LogP contribution in [-0.4, -0.2) is 25.5 Å². The third-order valence-electron chi connectivity index (χ3n) is 2.86. The minimum absolute atomic E-state index is 0. The van der Waals surface area contributed by atoms with Crippen molar-refractivity contribution in [3.05, 3.63) is 33.8 Å². The van der Waals surface area contributed by atoms with Crippen LogP contribution in [0.2, 0.25) is 10.0 Å². The van der Waals surface area contributed by atoms with E-state index in [1.807, 2.05) is 6.07 Å². The molecule has 1 aromatic rings. The van der Waals surface area contributed by atoms with Crippen LogP contribution in [-0.2, 0) is 11.2 Å². The molecule has 1 saturated heterocycles. The smallest absolute Gasteiger partial charge is 0.225 e. The van der Waals surface area contributed by atoms with E-state index in [2.05, 4.69) is 10.6 Å². The second kappa shape index (κ2) is 7.19. The summed E-state index contributed by atoms with van der Waals surface area (Å²) in [5.41, 5.74) is 1.00. The van der Waals surface area contributed by atoms with E-state index >= 15 is 0 Å². The molecule has 1 heterocycles. The molecule has 0 bridgehead atoms. The summed E-state index contributed by atoms with van der Waals surface area (Å²) in [4.78, 5) is 11.5. The van der Waals surface area contributed by atoms with Gasteiger partial charge in [0.2, 0.25) is 5.91 Å². The molecular weight excluding hydrogens is 295 g/mol. The van der Waals surface area contributed by atoms with Gasteiger partial charge < -0.3 is 10.6 Å². The highest BCUT2D eigenvalue weighted by atomic mass is 35.5. The number of halogens is 3. The molecule has 3 nitrogen and oxygen atoms in total. The van der Waals surface area contributed by atoms with Crippen molar-refractivity contribution in [3.8, 4) is 0 Å². The molecule has 1 aliphatic heterocycles. The zero-order valence-electron chi connectivity index (χ0n) is 9.71. The predicted molar refractivity (Wildman–Crippen MR) is 76.8 cm³/mol. The largest absolute Gasteiger partial charge is 0.355 e. The summed E-state index contributed by atoms with van der Waals surface area (Å²) in [6.07, 6.45) is 0.724. The monoisotopic (exact) mass is 308 g/mol. The average molecular weight is 310 g/mol. The van der Waals surface area contributed by atoms with Crippen molar-refractivity contribution in [2.24, 2.45) is 5.92 Å². The summed E-state index contributed by atoms with van der Waals surface area (Å²) in [6, 6.07) is 5.41. The maximum absolute atomic E-state index is 11.5. The third-order valence-corrected chi connectivity index (χ3v) is 3.45. The lowest BCUT2D eigenvalue weighted by atomic mass is 10.0. The molecule has 0 aliphatic carbocycles. The highest BCUT2D eigenvalue weighted by Crippen LogP contribution is 2.21. The highest BCUT2D eigenvalue weighted by Gasteiger charge is 2.24. The lowest BCUT2D eigenvalue weighted by molar-refractivity contribution is -0.126. The molecule has 2 rings (SSSR count). The summed E-state index contributed by atoms with van der Waals surface area (Å²) < 4.78 is 0. The van der Waals surface area contributed by atoms with Crippen molar-refractivity contribution in [2.75, 3.05) is 19.6 Å². The molecule has 0 radical (unpaired) electrons. The van der Waals surface area contributed by atoms with Crippen LogP contribution in [0, 0.1) is 5.92 Å². The minimum atomic E-state index is 0. The Balaban J connectivity index is 0.00000162. The zero-order chi connectivity index (χ0) is 12.3. The van der Waals surface area contributed by atoms with Crippen molar-refractivity contribution in [2.45, 2.75) is 6.42 Å². The van der Waals surface area contributed by atoms with E-state index in [4.69, 9.17) is 23.2 Å². The van der Waals surface area contributed by atoms with E-state index in [0.29, 0.717) is 16.6 Å². The number of hydrogen-bond donors (Lipinski definition) is 2. The third kappa shape index (κ3) is 4.02. The van der Waals surface area contributed by atoms with Gasteiger partial charge in [-0.25, -0.2) is 0 Å². The van der Waals surface area contributed by atoms with E-state index in [0.717, 1.165) is 25.1 Å². The Kier molecular flexibility index (Phi) is 6.22. The summed E-state index contributed by atoms with van der Waals surface area (Å²) in [5, 5.41) is 7.25. The van der Waals surface area contributed by atoms with Gasteiger partial charge in [-0.1, -0.05) is 29.3 Å². The van der Waals surface area contributed by atoms with Crippen molar-refractivity contribution < 1.29 is 4.79 Å². The van der Waals surface area contributed by atoms with Crippen LogP contribution in [0.3, 0.4) is 0 Å². The molecule has 0 saturated carbocycles. The Morgan fingerprint density at radius 1 is 1.39 bits per heavy atom. The fraction of sp³-hybridized carbons (Fsp3) is 0.417.